The van der Waals surface area contributed by atoms with E-state index in [1.54, 1.807) is 30.0 Å². The van der Waals surface area contributed by atoms with E-state index < -0.39 is 0 Å². The lowest BCUT2D eigenvalue weighted by molar-refractivity contribution is 0.102. The molecule has 0 saturated carbocycles. The zero-order valence-electron chi connectivity index (χ0n) is 17.7. The maximum absolute atomic E-state index is 12.9. The molecule has 164 valence electrons. The number of aromatic amines is 1. The Hall–Kier alpha value is -3.29. The number of halogens is 2. The van der Waals surface area contributed by atoms with Crippen LogP contribution in [0.2, 0.25) is 10.0 Å². The summed E-state index contributed by atoms with van der Waals surface area (Å²) < 4.78 is 7.05. The minimum absolute atomic E-state index is 0.304. The first-order chi connectivity index (χ1) is 15.4. The first kappa shape index (κ1) is 21.9. The fraction of sp³-hybridized carbons (Fsp3) is 0.174. The number of carbonyl (C=O) groups excluding carboxylic acids is 1. The van der Waals surface area contributed by atoms with E-state index in [2.05, 4.69) is 20.6 Å². The Kier molecular flexibility index (Phi) is 6.21. The predicted octanol–water partition coefficient (Wildman–Crippen LogP) is 5.51. The number of nitrogens with one attached hydrogen (secondary N) is 2. The van der Waals surface area contributed by atoms with Crippen LogP contribution < -0.4 is 10.1 Å². The number of hydrogen-bond donors (Lipinski definition) is 2. The van der Waals surface area contributed by atoms with Crippen molar-refractivity contribution in [1.29, 1.82) is 0 Å². The highest BCUT2D eigenvalue weighted by Gasteiger charge is 2.18. The lowest BCUT2D eigenvalue weighted by Gasteiger charge is -2.08. The molecule has 0 aliphatic heterocycles. The molecule has 4 aromatic rings. The second-order valence-electron chi connectivity index (χ2n) is 7.29. The van der Waals surface area contributed by atoms with E-state index in [-0.39, 0.29) is 5.91 Å². The molecule has 0 spiro atoms. The second-order valence-corrected chi connectivity index (χ2v) is 8.14. The summed E-state index contributed by atoms with van der Waals surface area (Å²) in [5.74, 6) is 0.415. The monoisotopic (exact) mass is 469 g/mol. The van der Waals surface area contributed by atoms with Gasteiger partial charge in [-0.05, 0) is 49.7 Å². The number of hydrogen-bond acceptors (Lipinski definition) is 4. The quantitative estimate of drug-likeness (QED) is 0.390. The van der Waals surface area contributed by atoms with E-state index in [1.807, 2.05) is 44.2 Å². The molecule has 4 rings (SSSR count). The summed E-state index contributed by atoms with van der Waals surface area (Å²) in [6.45, 7) is 4.20. The van der Waals surface area contributed by atoms with Gasteiger partial charge < -0.3 is 10.1 Å². The van der Waals surface area contributed by atoms with Crippen LogP contribution in [0.3, 0.4) is 0 Å². The average molecular weight is 470 g/mol. The molecular weight excluding hydrogens is 449 g/mol. The van der Waals surface area contributed by atoms with Crippen molar-refractivity contribution in [3.8, 4) is 17.0 Å². The summed E-state index contributed by atoms with van der Waals surface area (Å²) in [7, 11) is 1.61. The van der Waals surface area contributed by atoms with Crippen LogP contribution in [0.1, 0.15) is 27.4 Å². The van der Waals surface area contributed by atoms with E-state index in [0.29, 0.717) is 39.4 Å². The molecule has 32 heavy (non-hydrogen) atoms. The minimum atomic E-state index is -0.304. The molecule has 0 fully saturated rings. The number of nitrogens with zero attached hydrogens (tertiary/aromatic N) is 3. The van der Waals surface area contributed by atoms with Crippen molar-refractivity contribution in [2.45, 2.75) is 20.4 Å². The summed E-state index contributed by atoms with van der Waals surface area (Å²) in [6.07, 6.45) is 0. The number of anilines is 1. The predicted molar refractivity (Wildman–Crippen MR) is 126 cm³/mol. The van der Waals surface area contributed by atoms with Gasteiger partial charge >= 0.3 is 0 Å². The van der Waals surface area contributed by atoms with Gasteiger partial charge in [-0.2, -0.15) is 10.2 Å². The molecule has 2 aromatic heterocycles. The molecule has 0 bridgehead atoms. The van der Waals surface area contributed by atoms with Gasteiger partial charge in [0.05, 0.1) is 36.4 Å². The van der Waals surface area contributed by atoms with E-state index in [1.165, 1.54) is 0 Å². The Morgan fingerprint density at radius 2 is 1.97 bits per heavy atom. The molecular formula is C23H21Cl2N5O2. The molecule has 0 saturated heterocycles. The van der Waals surface area contributed by atoms with Gasteiger partial charge in [0.1, 0.15) is 11.4 Å². The van der Waals surface area contributed by atoms with Gasteiger partial charge in [0.15, 0.2) is 0 Å². The molecule has 0 aliphatic carbocycles. The molecule has 2 N–H and O–H groups in total. The van der Waals surface area contributed by atoms with Crippen molar-refractivity contribution in [3.05, 3.63) is 81.2 Å². The number of methoxy groups -OCH3 is 1. The third kappa shape index (κ3) is 4.49. The van der Waals surface area contributed by atoms with Crippen LogP contribution in [0.4, 0.5) is 5.69 Å². The zero-order chi connectivity index (χ0) is 22.8. The number of aryl methyl sites for hydroxylation is 1. The standard InChI is InChI=1S/C23H21Cl2N5O2/c1-13-22(14(2)30(29-13)12-16-7-8-17(24)10-19(16)25)26-23(31)21-11-20(27-28-21)15-5-4-6-18(9-15)32-3/h4-11H,12H2,1-3H3,(H,26,31)(H,27,28). The van der Waals surface area contributed by atoms with E-state index in [9.17, 15) is 4.79 Å². The lowest BCUT2D eigenvalue weighted by atomic mass is 10.1. The largest absolute Gasteiger partial charge is 0.497 e. The number of benzene rings is 2. The number of ether oxygens (including phenoxy) is 1. The Balaban J connectivity index is 1.53. The molecule has 0 unspecified atom stereocenters. The molecule has 2 aromatic carbocycles. The van der Waals surface area contributed by atoms with Crippen LogP contribution in [0.15, 0.2) is 48.5 Å². The summed E-state index contributed by atoms with van der Waals surface area (Å²) in [5, 5.41) is 15.7. The minimum Gasteiger partial charge on any atom is -0.497 e. The van der Waals surface area contributed by atoms with Crippen LogP contribution in [-0.2, 0) is 6.54 Å². The number of aromatic nitrogens is 4. The fourth-order valence-corrected chi connectivity index (χ4v) is 3.86. The lowest BCUT2D eigenvalue weighted by Crippen LogP contribution is -2.14. The third-order valence-electron chi connectivity index (χ3n) is 5.14. The number of rotatable bonds is 6. The fourth-order valence-electron chi connectivity index (χ4n) is 3.39. The van der Waals surface area contributed by atoms with Crippen LogP contribution in [0.25, 0.3) is 11.3 Å². The summed E-state index contributed by atoms with van der Waals surface area (Å²) in [6, 6.07) is 14.5. The third-order valence-corrected chi connectivity index (χ3v) is 5.73. The van der Waals surface area contributed by atoms with Gasteiger partial charge in [-0.1, -0.05) is 41.4 Å². The van der Waals surface area contributed by atoms with E-state index in [0.717, 1.165) is 22.6 Å². The van der Waals surface area contributed by atoms with Crippen molar-refractivity contribution in [3.63, 3.8) is 0 Å². The number of carbonyl (C=O) groups is 1. The van der Waals surface area contributed by atoms with Gasteiger partial charge in [-0.15, -0.1) is 0 Å². The van der Waals surface area contributed by atoms with Gasteiger partial charge in [0.2, 0.25) is 0 Å². The maximum Gasteiger partial charge on any atom is 0.273 e. The molecule has 0 atom stereocenters. The summed E-state index contributed by atoms with van der Waals surface area (Å²) in [4.78, 5) is 12.9. The van der Waals surface area contributed by atoms with Crippen LogP contribution >= 0.6 is 23.2 Å². The van der Waals surface area contributed by atoms with Crippen LogP contribution in [0.5, 0.6) is 5.75 Å². The van der Waals surface area contributed by atoms with Gasteiger partial charge in [-0.3, -0.25) is 14.6 Å². The highest BCUT2D eigenvalue weighted by molar-refractivity contribution is 6.35. The normalized spacial score (nSPS) is 10.9. The Morgan fingerprint density at radius 3 is 2.72 bits per heavy atom. The van der Waals surface area contributed by atoms with Gasteiger partial charge in [-0.25, -0.2) is 0 Å². The van der Waals surface area contributed by atoms with Crippen molar-refractivity contribution >= 4 is 34.8 Å². The summed E-state index contributed by atoms with van der Waals surface area (Å²) >= 11 is 12.3. The highest BCUT2D eigenvalue weighted by atomic mass is 35.5. The van der Waals surface area contributed by atoms with Crippen LogP contribution in [0, 0.1) is 13.8 Å². The number of amides is 1. The van der Waals surface area contributed by atoms with Gasteiger partial charge in [0, 0.05) is 15.6 Å². The van der Waals surface area contributed by atoms with Gasteiger partial charge in [0.25, 0.3) is 5.91 Å². The maximum atomic E-state index is 12.9. The molecule has 0 aliphatic rings. The van der Waals surface area contributed by atoms with E-state index >= 15 is 0 Å². The zero-order valence-corrected chi connectivity index (χ0v) is 19.3. The molecule has 9 heteroatoms. The van der Waals surface area contributed by atoms with Crippen LogP contribution in [-0.4, -0.2) is 33.0 Å². The Morgan fingerprint density at radius 1 is 1.16 bits per heavy atom. The SMILES string of the molecule is COc1cccc(-c2cc(C(=O)Nc3c(C)nn(Cc4ccc(Cl)cc4Cl)c3C)[nH]n2)c1. The first-order valence-corrected chi connectivity index (χ1v) is 10.6. The molecule has 0 radical (unpaired) electrons. The van der Waals surface area contributed by atoms with Crippen molar-refractivity contribution < 1.29 is 9.53 Å². The Bertz CT molecular complexity index is 1300. The first-order valence-electron chi connectivity index (χ1n) is 9.85. The van der Waals surface area contributed by atoms with E-state index in [4.69, 9.17) is 27.9 Å². The Labute approximate surface area is 195 Å². The van der Waals surface area contributed by atoms with Crippen molar-refractivity contribution in [1.82, 2.24) is 20.0 Å². The topological polar surface area (TPSA) is 84.8 Å². The van der Waals surface area contributed by atoms with Crippen molar-refractivity contribution in [2.24, 2.45) is 0 Å². The molecule has 7 nitrogen and oxygen atoms in total. The second kappa shape index (κ2) is 9.06. The van der Waals surface area contributed by atoms with Crippen molar-refractivity contribution in [2.75, 3.05) is 12.4 Å². The number of H-pyrrole nitrogens is 1. The average Bonchev–Trinajstić information content (AvgIpc) is 3.37. The molecule has 1 amide bonds. The highest BCUT2D eigenvalue weighted by Crippen LogP contribution is 2.26. The summed E-state index contributed by atoms with van der Waals surface area (Å²) in [5.41, 5.74) is 4.89. The smallest absolute Gasteiger partial charge is 0.273 e. The molecule has 2 heterocycles.